The highest BCUT2D eigenvalue weighted by Crippen LogP contribution is 2.22. The predicted molar refractivity (Wildman–Crippen MR) is 86.4 cm³/mol. The van der Waals surface area contributed by atoms with E-state index in [4.69, 9.17) is 5.73 Å². The standard InChI is InChI=1S/C16H28N4O3/c1-2-18-7-9-20(10-8-18)15(22)11-13-3-5-19(6-4-13)16(23)12-14(17)21/h13H,2-12H2,1H3,(H2,17,21). The Morgan fingerprint density at radius 2 is 1.48 bits per heavy atom. The number of hydrogen-bond acceptors (Lipinski definition) is 4. The highest BCUT2D eigenvalue weighted by Gasteiger charge is 2.27. The number of piperazine rings is 1. The lowest BCUT2D eigenvalue weighted by atomic mass is 9.92. The van der Waals surface area contributed by atoms with E-state index in [2.05, 4.69) is 11.8 Å². The Labute approximate surface area is 137 Å². The second-order valence-corrected chi connectivity index (χ2v) is 6.49. The van der Waals surface area contributed by atoms with E-state index in [1.54, 1.807) is 4.90 Å². The summed E-state index contributed by atoms with van der Waals surface area (Å²) in [5.74, 6) is -0.205. The molecule has 2 saturated heterocycles. The summed E-state index contributed by atoms with van der Waals surface area (Å²) in [5.41, 5.74) is 5.06. The van der Waals surface area contributed by atoms with E-state index >= 15 is 0 Å². The second kappa shape index (κ2) is 8.29. The number of carbonyl (C=O) groups excluding carboxylic acids is 3. The maximum absolute atomic E-state index is 12.4. The van der Waals surface area contributed by atoms with Gasteiger partial charge in [0, 0.05) is 45.7 Å². The van der Waals surface area contributed by atoms with Gasteiger partial charge in [0.15, 0.2) is 0 Å². The first-order valence-electron chi connectivity index (χ1n) is 8.55. The number of likely N-dealkylation sites (tertiary alicyclic amines) is 1. The molecule has 2 fully saturated rings. The summed E-state index contributed by atoms with van der Waals surface area (Å²) in [6.45, 7) is 7.99. The van der Waals surface area contributed by atoms with Gasteiger partial charge in [-0.1, -0.05) is 6.92 Å². The van der Waals surface area contributed by atoms with E-state index in [9.17, 15) is 14.4 Å². The molecule has 23 heavy (non-hydrogen) atoms. The van der Waals surface area contributed by atoms with Crippen LogP contribution in [-0.2, 0) is 14.4 Å². The number of nitrogens with two attached hydrogens (primary N) is 1. The van der Waals surface area contributed by atoms with Crippen LogP contribution in [0, 0.1) is 5.92 Å². The van der Waals surface area contributed by atoms with E-state index in [0.29, 0.717) is 25.4 Å². The molecule has 7 nitrogen and oxygen atoms in total. The average Bonchev–Trinajstić information content (AvgIpc) is 2.55. The maximum Gasteiger partial charge on any atom is 0.231 e. The van der Waals surface area contributed by atoms with Crippen LogP contribution in [0.2, 0.25) is 0 Å². The molecule has 130 valence electrons. The fraction of sp³-hybridized carbons (Fsp3) is 0.812. The number of nitrogens with zero attached hydrogens (tertiary/aromatic N) is 3. The van der Waals surface area contributed by atoms with Crippen molar-refractivity contribution in [2.45, 2.75) is 32.6 Å². The van der Waals surface area contributed by atoms with Crippen LogP contribution in [0.1, 0.15) is 32.6 Å². The second-order valence-electron chi connectivity index (χ2n) is 6.49. The van der Waals surface area contributed by atoms with Gasteiger partial charge < -0.3 is 20.4 Å². The molecular formula is C16H28N4O3. The van der Waals surface area contributed by atoms with Crippen molar-refractivity contribution >= 4 is 17.7 Å². The highest BCUT2D eigenvalue weighted by atomic mass is 16.2. The Hall–Kier alpha value is -1.63. The first-order chi connectivity index (χ1) is 11.0. The summed E-state index contributed by atoms with van der Waals surface area (Å²) in [6, 6.07) is 0. The quantitative estimate of drug-likeness (QED) is 0.701. The zero-order chi connectivity index (χ0) is 16.8. The molecule has 0 saturated carbocycles. The fourth-order valence-electron chi connectivity index (χ4n) is 3.34. The number of hydrogen-bond donors (Lipinski definition) is 1. The third-order valence-electron chi connectivity index (χ3n) is 4.93. The number of rotatable bonds is 5. The van der Waals surface area contributed by atoms with Crippen molar-refractivity contribution in [2.24, 2.45) is 11.7 Å². The topological polar surface area (TPSA) is 86.9 Å². The van der Waals surface area contributed by atoms with Gasteiger partial charge in [-0.25, -0.2) is 0 Å². The van der Waals surface area contributed by atoms with Crippen LogP contribution in [0.3, 0.4) is 0 Å². The van der Waals surface area contributed by atoms with Gasteiger partial charge >= 0.3 is 0 Å². The molecule has 2 aliphatic heterocycles. The van der Waals surface area contributed by atoms with E-state index in [0.717, 1.165) is 45.6 Å². The van der Waals surface area contributed by atoms with Gasteiger partial charge in [0.05, 0.1) is 0 Å². The third-order valence-corrected chi connectivity index (χ3v) is 4.93. The molecule has 2 heterocycles. The van der Waals surface area contributed by atoms with Gasteiger partial charge in [-0.3, -0.25) is 14.4 Å². The van der Waals surface area contributed by atoms with Gasteiger partial charge in [0.25, 0.3) is 0 Å². The summed E-state index contributed by atoms with van der Waals surface area (Å²) in [7, 11) is 0. The SMILES string of the molecule is CCN1CCN(C(=O)CC2CCN(C(=O)CC(N)=O)CC2)CC1. The van der Waals surface area contributed by atoms with Crippen molar-refractivity contribution in [1.82, 2.24) is 14.7 Å². The predicted octanol–water partition coefficient (Wildman–Crippen LogP) is -0.345. The van der Waals surface area contributed by atoms with Crippen LogP contribution >= 0.6 is 0 Å². The van der Waals surface area contributed by atoms with E-state index < -0.39 is 5.91 Å². The molecule has 0 unspecified atom stereocenters. The van der Waals surface area contributed by atoms with Crippen molar-refractivity contribution < 1.29 is 14.4 Å². The minimum absolute atomic E-state index is 0.196. The van der Waals surface area contributed by atoms with E-state index in [-0.39, 0.29) is 18.2 Å². The summed E-state index contributed by atoms with van der Waals surface area (Å²) in [6.07, 6.45) is 2.01. The number of likely N-dealkylation sites (N-methyl/N-ethyl adjacent to an activating group) is 1. The molecule has 3 amide bonds. The van der Waals surface area contributed by atoms with Crippen LogP contribution in [0.4, 0.5) is 0 Å². The van der Waals surface area contributed by atoms with Crippen LogP contribution in [-0.4, -0.2) is 78.2 Å². The molecule has 0 spiro atoms. The minimum Gasteiger partial charge on any atom is -0.369 e. The minimum atomic E-state index is -0.585. The summed E-state index contributed by atoms with van der Waals surface area (Å²) < 4.78 is 0. The van der Waals surface area contributed by atoms with Crippen LogP contribution in [0.15, 0.2) is 0 Å². The van der Waals surface area contributed by atoms with Crippen molar-refractivity contribution in [2.75, 3.05) is 45.8 Å². The Morgan fingerprint density at radius 1 is 0.913 bits per heavy atom. The number of amides is 3. The average molecular weight is 324 g/mol. The number of primary amides is 1. The molecule has 2 rings (SSSR count). The highest BCUT2D eigenvalue weighted by molar-refractivity contribution is 5.96. The van der Waals surface area contributed by atoms with Crippen molar-refractivity contribution in [3.63, 3.8) is 0 Å². The molecule has 0 radical (unpaired) electrons. The molecule has 0 aromatic rings. The molecule has 0 atom stereocenters. The van der Waals surface area contributed by atoms with Gasteiger partial charge in [-0.2, -0.15) is 0 Å². The van der Waals surface area contributed by atoms with Gasteiger partial charge in [-0.05, 0) is 25.3 Å². The first-order valence-corrected chi connectivity index (χ1v) is 8.55. The Balaban J connectivity index is 1.71. The zero-order valence-electron chi connectivity index (χ0n) is 14.0. The lowest BCUT2D eigenvalue weighted by molar-refractivity contribution is -0.136. The zero-order valence-corrected chi connectivity index (χ0v) is 14.0. The van der Waals surface area contributed by atoms with E-state index in [1.165, 1.54) is 0 Å². The monoisotopic (exact) mass is 324 g/mol. The van der Waals surface area contributed by atoms with Gasteiger partial charge in [-0.15, -0.1) is 0 Å². The molecule has 7 heteroatoms. The molecule has 0 aromatic heterocycles. The van der Waals surface area contributed by atoms with Crippen molar-refractivity contribution in [3.05, 3.63) is 0 Å². The van der Waals surface area contributed by atoms with Crippen LogP contribution < -0.4 is 5.73 Å². The third kappa shape index (κ3) is 5.20. The molecule has 0 aliphatic carbocycles. The Morgan fingerprint density at radius 3 is 2.00 bits per heavy atom. The molecule has 2 N–H and O–H groups in total. The first kappa shape index (κ1) is 17.7. The summed E-state index contributed by atoms with van der Waals surface area (Å²) >= 11 is 0. The van der Waals surface area contributed by atoms with E-state index in [1.807, 2.05) is 4.90 Å². The lowest BCUT2D eigenvalue weighted by Gasteiger charge is -2.36. The smallest absolute Gasteiger partial charge is 0.231 e. The number of piperidine rings is 1. The van der Waals surface area contributed by atoms with Crippen molar-refractivity contribution in [1.29, 1.82) is 0 Å². The maximum atomic E-state index is 12.4. The normalized spacial score (nSPS) is 20.6. The summed E-state index contributed by atoms with van der Waals surface area (Å²) in [5, 5.41) is 0. The largest absolute Gasteiger partial charge is 0.369 e. The molecule has 2 aliphatic rings. The number of carbonyl (C=O) groups is 3. The summed E-state index contributed by atoms with van der Waals surface area (Å²) in [4.78, 5) is 41.0. The van der Waals surface area contributed by atoms with Crippen LogP contribution in [0.25, 0.3) is 0 Å². The van der Waals surface area contributed by atoms with Crippen molar-refractivity contribution in [3.8, 4) is 0 Å². The molecular weight excluding hydrogens is 296 g/mol. The van der Waals surface area contributed by atoms with Gasteiger partial charge in [0.2, 0.25) is 17.7 Å². The lowest BCUT2D eigenvalue weighted by Crippen LogP contribution is -2.49. The van der Waals surface area contributed by atoms with Gasteiger partial charge in [0.1, 0.15) is 6.42 Å². The Kier molecular flexibility index (Phi) is 6.38. The van der Waals surface area contributed by atoms with Crippen LogP contribution in [0.5, 0.6) is 0 Å². The molecule has 0 aromatic carbocycles. The molecule has 0 bridgehead atoms. The Bertz CT molecular complexity index is 439. The fourth-order valence-corrected chi connectivity index (χ4v) is 3.34.